The van der Waals surface area contributed by atoms with Gasteiger partial charge in [-0.2, -0.15) is 13.2 Å². The van der Waals surface area contributed by atoms with E-state index in [0.717, 1.165) is 25.0 Å². The normalized spacial score (nSPS) is 18.9. The Kier molecular flexibility index (Phi) is 7.59. The maximum Gasteiger partial charge on any atom is 0.399 e. The van der Waals surface area contributed by atoms with Crippen LogP contribution in [0.2, 0.25) is 5.02 Å². The Labute approximate surface area is 215 Å². The zero-order chi connectivity index (χ0) is 24.6. The van der Waals surface area contributed by atoms with Crippen molar-refractivity contribution in [3.63, 3.8) is 0 Å². The first-order valence-electron chi connectivity index (χ1n) is 10.5. The molecule has 2 atom stereocenters. The highest BCUT2D eigenvalue weighted by atomic mass is 79.9. The molecule has 11 heteroatoms. The number of nitrogens with one attached hydrogen (secondary N) is 1. The molecule has 2 aliphatic rings. The van der Waals surface area contributed by atoms with Gasteiger partial charge in [0.25, 0.3) is 0 Å². The van der Waals surface area contributed by atoms with Crippen LogP contribution in [0.1, 0.15) is 48.3 Å². The fourth-order valence-corrected chi connectivity index (χ4v) is 5.30. The number of rotatable bonds is 7. The van der Waals surface area contributed by atoms with Gasteiger partial charge in [0.15, 0.2) is 5.82 Å². The molecule has 34 heavy (non-hydrogen) atoms. The van der Waals surface area contributed by atoms with Crippen LogP contribution < -0.4 is 5.32 Å². The molecule has 0 spiro atoms. The predicted octanol–water partition coefficient (Wildman–Crippen LogP) is 7.26. The van der Waals surface area contributed by atoms with E-state index in [1.54, 1.807) is 18.2 Å². The van der Waals surface area contributed by atoms with Gasteiger partial charge in [-0.3, -0.25) is 4.79 Å². The average molecular weight is 627 g/mol. The molecule has 4 nitrogen and oxygen atoms in total. The zero-order valence-electron chi connectivity index (χ0n) is 17.6. The molecule has 1 aliphatic carbocycles. The first kappa shape index (κ1) is 25.4. The number of benzene rings is 2. The topological polar surface area (TPSA) is 50.7 Å². The summed E-state index contributed by atoms with van der Waals surface area (Å²) in [5, 5.41) is 7.09. The summed E-state index contributed by atoms with van der Waals surface area (Å²) in [7, 11) is 0. The van der Waals surface area contributed by atoms with Crippen molar-refractivity contribution < 1.29 is 27.2 Å². The largest absolute Gasteiger partial charge is 0.399 e. The van der Waals surface area contributed by atoms with E-state index in [0.29, 0.717) is 34.2 Å². The van der Waals surface area contributed by atoms with E-state index in [-0.39, 0.29) is 33.4 Å². The van der Waals surface area contributed by atoms with Gasteiger partial charge in [0.1, 0.15) is 12.0 Å². The monoisotopic (exact) mass is 624 g/mol. The summed E-state index contributed by atoms with van der Waals surface area (Å²) in [5.74, 6) is -2.26. The van der Waals surface area contributed by atoms with Gasteiger partial charge >= 0.3 is 6.18 Å². The van der Waals surface area contributed by atoms with Crippen LogP contribution in [0, 0.1) is 11.7 Å². The number of nitrogens with zero attached hydrogens (tertiary/aromatic N) is 1. The Balaban J connectivity index is 1.46. The van der Waals surface area contributed by atoms with Crippen LogP contribution in [-0.4, -0.2) is 23.9 Å². The van der Waals surface area contributed by atoms with Gasteiger partial charge in [-0.25, -0.2) is 4.39 Å². The fraction of sp³-hybridized carbons (Fsp3) is 0.391. The molecule has 1 N–H and O–H groups in total. The number of halogens is 7. The van der Waals surface area contributed by atoms with E-state index >= 15 is 0 Å². The standard InChI is InChI=1S/C23H19Br2ClF4N2O2/c24-15-6-14(7-16(25)22(15)27)21(23(28,29)30)19-9-18(32-34-19)12-3-4-13(17(26)8-12)10-31-20(33)5-11-1-2-11/h3-4,6-8,11,19,21H,1-2,5,9-10H2,(H,31,33). The minimum atomic E-state index is -4.65. The molecule has 2 unspecified atom stereocenters. The van der Waals surface area contributed by atoms with Crippen LogP contribution in [0.25, 0.3) is 0 Å². The molecule has 0 aromatic heterocycles. The molecular formula is C23H19Br2ClF4N2O2. The third-order valence-electron chi connectivity index (χ3n) is 5.82. The Hall–Kier alpha value is -1.65. The molecule has 2 aromatic rings. The smallest absolute Gasteiger partial charge is 0.391 e. The molecule has 0 bridgehead atoms. The summed E-state index contributed by atoms with van der Waals surface area (Å²) < 4.78 is 55.7. The van der Waals surface area contributed by atoms with Gasteiger partial charge in [-0.05, 0) is 79.9 Å². The van der Waals surface area contributed by atoms with Crippen LogP contribution in [0.15, 0.2) is 44.4 Å². The van der Waals surface area contributed by atoms with E-state index in [9.17, 15) is 22.4 Å². The predicted molar refractivity (Wildman–Crippen MR) is 127 cm³/mol. The minimum Gasteiger partial charge on any atom is -0.391 e. The molecule has 1 heterocycles. The fourth-order valence-electron chi connectivity index (χ4n) is 3.84. The highest BCUT2D eigenvalue weighted by Crippen LogP contribution is 2.44. The van der Waals surface area contributed by atoms with Crippen molar-refractivity contribution in [2.24, 2.45) is 11.1 Å². The van der Waals surface area contributed by atoms with E-state index < -0.39 is 24.0 Å². The van der Waals surface area contributed by atoms with Crippen LogP contribution in [-0.2, 0) is 16.2 Å². The van der Waals surface area contributed by atoms with Crippen molar-refractivity contribution in [3.8, 4) is 0 Å². The number of carbonyl (C=O) groups is 1. The molecular weight excluding hydrogens is 608 g/mol. The Morgan fingerprint density at radius 3 is 2.47 bits per heavy atom. The van der Waals surface area contributed by atoms with Crippen LogP contribution in [0.4, 0.5) is 17.6 Å². The van der Waals surface area contributed by atoms with Crippen molar-refractivity contribution in [2.75, 3.05) is 0 Å². The number of alkyl halides is 3. The second kappa shape index (κ2) is 10.1. The highest BCUT2D eigenvalue weighted by Gasteiger charge is 2.49. The lowest BCUT2D eigenvalue weighted by Gasteiger charge is -2.25. The molecule has 0 radical (unpaired) electrons. The molecule has 182 valence electrons. The molecule has 1 saturated carbocycles. The Bertz CT molecular complexity index is 1120. The van der Waals surface area contributed by atoms with Gasteiger partial charge in [0.05, 0.1) is 14.7 Å². The molecule has 4 rings (SSSR count). The Morgan fingerprint density at radius 2 is 1.88 bits per heavy atom. The van der Waals surface area contributed by atoms with Gasteiger partial charge < -0.3 is 10.2 Å². The van der Waals surface area contributed by atoms with Gasteiger partial charge in [0, 0.05) is 30.0 Å². The molecule has 1 fully saturated rings. The lowest BCUT2D eigenvalue weighted by atomic mass is 9.89. The van der Waals surface area contributed by atoms with E-state index in [1.165, 1.54) is 0 Å². The second-order valence-corrected chi connectivity index (χ2v) is 10.6. The summed E-state index contributed by atoms with van der Waals surface area (Å²) in [6, 6.07) is 7.20. The number of hydrogen-bond donors (Lipinski definition) is 1. The second-order valence-electron chi connectivity index (χ2n) is 8.43. The van der Waals surface area contributed by atoms with Crippen molar-refractivity contribution in [3.05, 3.63) is 66.8 Å². The number of amides is 1. The van der Waals surface area contributed by atoms with Crippen LogP contribution in [0.3, 0.4) is 0 Å². The van der Waals surface area contributed by atoms with E-state index in [1.807, 2.05) is 0 Å². The van der Waals surface area contributed by atoms with Gasteiger partial charge in [-0.15, -0.1) is 0 Å². The third-order valence-corrected chi connectivity index (χ3v) is 7.32. The summed E-state index contributed by atoms with van der Waals surface area (Å²) >= 11 is 12.3. The third kappa shape index (κ3) is 5.94. The highest BCUT2D eigenvalue weighted by molar-refractivity contribution is 9.11. The SMILES string of the molecule is O=C(CC1CC1)NCc1ccc(C2=NOC(C(c3cc(Br)c(F)c(Br)c3)C(F)(F)F)C2)cc1Cl. The minimum absolute atomic E-state index is 0.0312. The first-order valence-corrected chi connectivity index (χ1v) is 12.5. The van der Waals surface area contributed by atoms with Crippen molar-refractivity contribution in [1.82, 2.24) is 5.32 Å². The number of oxime groups is 1. The zero-order valence-corrected chi connectivity index (χ0v) is 21.5. The maximum atomic E-state index is 14.0. The number of hydrogen-bond acceptors (Lipinski definition) is 3. The average Bonchev–Trinajstić information content (AvgIpc) is 3.43. The molecule has 0 saturated heterocycles. The maximum absolute atomic E-state index is 14.0. The van der Waals surface area contributed by atoms with E-state index in [4.69, 9.17) is 16.4 Å². The van der Waals surface area contributed by atoms with Crippen molar-refractivity contribution in [2.45, 2.75) is 50.4 Å². The summed E-state index contributed by atoms with van der Waals surface area (Å²) in [4.78, 5) is 17.1. The summed E-state index contributed by atoms with van der Waals surface area (Å²) in [5.41, 5.74) is 1.40. The van der Waals surface area contributed by atoms with E-state index in [2.05, 4.69) is 42.3 Å². The molecule has 1 amide bonds. The lowest BCUT2D eigenvalue weighted by molar-refractivity contribution is -0.176. The summed E-state index contributed by atoms with van der Waals surface area (Å²) in [6.45, 7) is 0.265. The summed E-state index contributed by atoms with van der Waals surface area (Å²) in [6.07, 6.45) is -3.40. The molecule has 2 aromatic carbocycles. The van der Waals surface area contributed by atoms with Crippen molar-refractivity contribution in [1.29, 1.82) is 0 Å². The Morgan fingerprint density at radius 1 is 1.21 bits per heavy atom. The lowest BCUT2D eigenvalue weighted by Crippen LogP contribution is -2.32. The number of carbonyl (C=O) groups excluding carboxylic acids is 1. The van der Waals surface area contributed by atoms with Crippen LogP contribution in [0.5, 0.6) is 0 Å². The molecule has 1 aliphatic heterocycles. The van der Waals surface area contributed by atoms with Crippen LogP contribution >= 0.6 is 43.5 Å². The van der Waals surface area contributed by atoms with Gasteiger partial charge in [0.2, 0.25) is 5.91 Å². The first-order chi connectivity index (χ1) is 16.0. The van der Waals surface area contributed by atoms with Gasteiger partial charge in [-0.1, -0.05) is 28.9 Å². The van der Waals surface area contributed by atoms with Crippen molar-refractivity contribution >= 4 is 55.1 Å². The quantitative estimate of drug-likeness (QED) is 0.260.